The van der Waals surface area contributed by atoms with Crippen molar-refractivity contribution in [2.75, 3.05) is 38.6 Å². The standard InChI is InChI=1S/C19H21N5O4/c1-13-20-16(18(26)24-8-6-23(12-25)7-9-24)11-17(21-13)22-15-5-3-4-14(10-15)19(27)28-2/h3-5,10-12H,6-9H2,1-2H3,(H,20,21,22). The minimum atomic E-state index is -0.437. The normalized spacial score (nSPS) is 13.8. The lowest BCUT2D eigenvalue weighted by atomic mass is 10.2. The zero-order valence-corrected chi connectivity index (χ0v) is 15.7. The van der Waals surface area contributed by atoms with Crippen LogP contribution in [0.5, 0.6) is 0 Å². The molecule has 9 heteroatoms. The quantitative estimate of drug-likeness (QED) is 0.611. The van der Waals surface area contributed by atoms with E-state index in [0.29, 0.717) is 49.1 Å². The first-order chi connectivity index (χ1) is 13.5. The Hall–Kier alpha value is -3.49. The summed E-state index contributed by atoms with van der Waals surface area (Å²) in [6, 6.07) is 8.37. The van der Waals surface area contributed by atoms with Crippen molar-refractivity contribution in [2.45, 2.75) is 6.92 Å². The Kier molecular flexibility index (Phi) is 5.83. The average molecular weight is 383 g/mol. The van der Waals surface area contributed by atoms with Crippen LogP contribution in [0.25, 0.3) is 0 Å². The average Bonchev–Trinajstić information content (AvgIpc) is 2.72. The van der Waals surface area contributed by atoms with Crippen LogP contribution in [0.2, 0.25) is 0 Å². The van der Waals surface area contributed by atoms with Gasteiger partial charge in [-0.05, 0) is 25.1 Å². The number of carbonyl (C=O) groups is 3. The number of hydrogen-bond donors (Lipinski definition) is 1. The number of aryl methyl sites for hydroxylation is 1. The Balaban J connectivity index is 1.77. The van der Waals surface area contributed by atoms with Crippen molar-refractivity contribution < 1.29 is 19.1 Å². The maximum atomic E-state index is 12.8. The van der Waals surface area contributed by atoms with Gasteiger partial charge in [0.2, 0.25) is 6.41 Å². The summed E-state index contributed by atoms with van der Waals surface area (Å²) >= 11 is 0. The molecule has 28 heavy (non-hydrogen) atoms. The summed E-state index contributed by atoms with van der Waals surface area (Å²) in [6.07, 6.45) is 0.793. The number of piperazine rings is 1. The molecule has 0 saturated carbocycles. The van der Waals surface area contributed by atoms with Crippen LogP contribution >= 0.6 is 0 Å². The van der Waals surface area contributed by atoms with Gasteiger partial charge in [-0.2, -0.15) is 0 Å². The zero-order chi connectivity index (χ0) is 20.1. The van der Waals surface area contributed by atoms with E-state index in [1.165, 1.54) is 7.11 Å². The Labute approximate surface area is 162 Å². The number of aromatic nitrogens is 2. The minimum Gasteiger partial charge on any atom is -0.465 e. The van der Waals surface area contributed by atoms with Gasteiger partial charge in [-0.25, -0.2) is 14.8 Å². The van der Waals surface area contributed by atoms with Crippen LogP contribution in [0, 0.1) is 6.92 Å². The van der Waals surface area contributed by atoms with Gasteiger partial charge in [0.1, 0.15) is 17.3 Å². The van der Waals surface area contributed by atoms with Gasteiger partial charge in [0.15, 0.2) is 0 Å². The van der Waals surface area contributed by atoms with Crippen LogP contribution in [0.1, 0.15) is 26.7 Å². The largest absolute Gasteiger partial charge is 0.465 e. The van der Waals surface area contributed by atoms with Crippen molar-refractivity contribution in [3.05, 3.63) is 47.4 Å². The van der Waals surface area contributed by atoms with Crippen LogP contribution in [-0.4, -0.2) is 71.3 Å². The third-order valence-corrected chi connectivity index (χ3v) is 4.36. The second kappa shape index (κ2) is 8.47. The molecule has 1 aromatic heterocycles. The fraction of sp³-hybridized carbons (Fsp3) is 0.316. The molecule has 1 aromatic carbocycles. The highest BCUT2D eigenvalue weighted by Crippen LogP contribution is 2.18. The Bertz CT molecular complexity index is 894. The van der Waals surface area contributed by atoms with Gasteiger partial charge in [0, 0.05) is 37.9 Å². The number of amides is 2. The molecular weight excluding hydrogens is 362 g/mol. The molecule has 1 aliphatic heterocycles. The summed E-state index contributed by atoms with van der Waals surface area (Å²) in [5.74, 6) is 0.253. The second-order valence-electron chi connectivity index (χ2n) is 6.32. The van der Waals surface area contributed by atoms with Gasteiger partial charge in [-0.3, -0.25) is 9.59 Å². The Morgan fingerprint density at radius 1 is 1.14 bits per heavy atom. The first-order valence-corrected chi connectivity index (χ1v) is 8.80. The summed E-state index contributed by atoms with van der Waals surface area (Å²) in [5, 5.41) is 3.09. The molecule has 0 atom stereocenters. The number of hydrogen-bond acceptors (Lipinski definition) is 7. The van der Waals surface area contributed by atoms with E-state index in [2.05, 4.69) is 15.3 Å². The van der Waals surface area contributed by atoms with Gasteiger partial charge in [0.25, 0.3) is 5.91 Å². The minimum absolute atomic E-state index is 0.206. The smallest absolute Gasteiger partial charge is 0.337 e. The highest BCUT2D eigenvalue weighted by atomic mass is 16.5. The van der Waals surface area contributed by atoms with Crippen molar-refractivity contribution in [2.24, 2.45) is 0 Å². The predicted molar refractivity (Wildman–Crippen MR) is 101 cm³/mol. The number of methoxy groups -OCH3 is 1. The molecule has 1 saturated heterocycles. The number of nitrogens with one attached hydrogen (secondary N) is 1. The Morgan fingerprint density at radius 3 is 2.57 bits per heavy atom. The van der Waals surface area contributed by atoms with E-state index in [-0.39, 0.29) is 11.6 Å². The molecule has 2 aromatic rings. The lowest BCUT2D eigenvalue weighted by Gasteiger charge is -2.32. The molecular formula is C19H21N5O4. The number of esters is 1. The fourth-order valence-corrected chi connectivity index (χ4v) is 2.92. The van der Waals surface area contributed by atoms with Crippen molar-refractivity contribution in [1.82, 2.24) is 19.8 Å². The number of carbonyl (C=O) groups excluding carboxylic acids is 3. The van der Waals surface area contributed by atoms with Crippen molar-refractivity contribution >= 4 is 29.8 Å². The molecule has 2 amide bonds. The van der Waals surface area contributed by atoms with Crippen LogP contribution < -0.4 is 5.32 Å². The summed E-state index contributed by atoms with van der Waals surface area (Å²) < 4.78 is 4.73. The van der Waals surface area contributed by atoms with E-state index in [0.717, 1.165) is 6.41 Å². The van der Waals surface area contributed by atoms with Crippen molar-refractivity contribution in [3.63, 3.8) is 0 Å². The third-order valence-electron chi connectivity index (χ3n) is 4.36. The molecule has 1 aliphatic rings. The molecule has 3 rings (SSSR count). The molecule has 0 spiro atoms. The molecule has 0 radical (unpaired) electrons. The van der Waals surface area contributed by atoms with E-state index in [1.807, 2.05) is 0 Å². The lowest BCUT2D eigenvalue weighted by molar-refractivity contribution is -0.119. The van der Waals surface area contributed by atoms with E-state index in [1.54, 1.807) is 47.1 Å². The SMILES string of the molecule is COC(=O)c1cccc(Nc2cc(C(=O)N3CCN(C=O)CC3)nc(C)n2)c1. The highest BCUT2D eigenvalue weighted by Gasteiger charge is 2.23. The Morgan fingerprint density at radius 2 is 1.89 bits per heavy atom. The monoisotopic (exact) mass is 383 g/mol. The summed E-state index contributed by atoms with van der Waals surface area (Å²) in [7, 11) is 1.32. The zero-order valence-electron chi connectivity index (χ0n) is 15.7. The lowest BCUT2D eigenvalue weighted by Crippen LogP contribution is -2.48. The molecule has 0 aliphatic carbocycles. The molecule has 9 nitrogen and oxygen atoms in total. The van der Waals surface area contributed by atoms with E-state index >= 15 is 0 Å². The number of nitrogens with zero attached hydrogens (tertiary/aromatic N) is 4. The van der Waals surface area contributed by atoms with Gasteiger partial charge < -0.3 is 19.9 Å². The van der Waals surface area contributed by atoms with Gasteiger partial charge in [-0.15, -0.1) is 0 Å². The van der Waals surface area contributed by atoms with Crippen molar-refractivity contribution in [3.8, 4) is 0 Å². The third kappa shape index (κ3) is 4.43. The highest BCUT2D eigenvalue weighted by molar-refractivity contribution is 5.93. The van der Waals surface area contributed by atoms with E-state index < -0.39 is 5.97 Å². The molecule has 146 valence electrons. The summed E-state index contributed by atoms with van der Waals surface area (Å²) in [4.78, 5) is 47.1. The van der Waals surface area contributed by atoms with Gasteiger partial charge >= 0.3 is 5.97 Å². The van der Waals surface area contributed by atoms with Gasteiger partial charge in [0.05, 0.1) is 12.7 Å². The van der Waals surface area contributed by atoms with Crippen LogP contribution in [0.4, 0.5) is 11.5 Å². The maximum absolute atomic E-state index is 12.8. The molecule has 0 bridgehead atoms. The number of anilines is 2. The molecule has 0 unspecified atom stereocenters. The van der Waals surface area contributed by atoms with Crippen LogP contribution in [0.3, 0.4) is 0 Å². The first kappa shape index (κ1) is 19.3. The van der Waals surface area contributed by atoms with Gasteiger partial charge in [-0.1, -0.05) is 6.07 Å². The number of benzene rings is 1. The van der Waals surface area contributed by atoms with E-state index in [4.69, 9.17) is 4.74 Å². The maximum Gasteiger partial charge on any atom is 0.337 e. The molecule has 1 fully saturated rings. The molecule has 2 heterocycles. The number of ether oxygens (including phenoxy) is 1. The van der Waals surface area contributed by atoms with Crippen LogP contribution in [-0.2, 0) is 9.53 Å². The first-order valence-electron chi connectivity index (χ1n) is 8.80. The fourth-order valence-electron chi connectivity index (χ4n) is 2.92. The van der Waals surface area contributed by atoms with Crippen LogP contribution in [0.15, 0.2) is 30.3 Å². The van der Waals surface area contributed by atoms with E-state index in [9.17, 15) is 14.4 Å². The predicted octanol–water partition coefficient (Wildman–Crippen LogP) is 1.23. The summed E-state index contributed by atoms with van der Waals surface area (Å²) in [5.41, 5.74) is 1.32. The second-order valence-corrected chi connectivity index (χ2v) is 6.32. The number of rotatable bonds is 5. The summed E-state index contributed by atoms with van der Waals surface area (Å²) in [6.45, 7) is 3.64. The molecule has 1 N–H and O–H groups in total. The topological polar surface area (TPSA) is 105 Å². The van der Waals surface area contributed by atoms with Crippen molar-refractivity contribution in [1.29, 1.82) is 0 Å².